The lowest BCUT2D eigenvalue weighted by Gasteiger charge is -2.39. The fourth-order valence-corrected chi connectivity index (χ4v) is 5.96. The van der Waals surface area contributed by atoms with Gasteiger partial charge >= 0.3 is 0 Å². The average Bonchev–Trinajstić information content (AvgIpc) is 3.29. The lowest BCUT2D eigenvalue weighted by molar-refractivity contribution is -0.0329. The number of ether oxygens (including phenoxy) is 1. The third-order valence-electron chi connectivity index (χ3n) is 7.56. The van der Waals surface area contributed by atoms with Crippen LogP contribution in [0.5, 0.6) is 0 Å². The molecule has 3 atom stereocenters. The van der Waals surface area contributed by atoms with Crippen LogP contribution in [0.4, 0.5) is 11.4 Å². The molecule has 1 aromatic heterocycles. The number of morpholine rings is 1. The van der Waals surface area contributed by atoms with Crippen LogP contribution < -0.4 is 15.1 Å². The van der Waals surface area contributed by atoms with E-state index in [0.717, 1.165) is 63.6 Å². The molecule has 0 aliphatic carbocycles. The molecule has 3 aliphatic heterocycles. The molecule has 36 heavy (non-hydrogen) atoms. The number of nitrogens with one attached hydrogen (secondary N) is 1. The molecular formula is C28H33N7O. The predicted octanol–water partition coefficient (Wildman–Crippen LogP) is 2.91. The SMILES string of the molecule is C[C@@H]1CN(c2ccc(C#N)c3nccnc23)C[C@H](CN2Cc3ccc(N4CCN[C@@H](C)C4)cc3C2)O1. The maximum atomic E-state index is 9.50. The molecule has 2 saturated heterocycles. The van der Waals surface area contributed by atoms with E-state index in [9.17, 15) is 5.26 Å². The average molecular weight is 484 g/mol. The van der Waals surface area contributed by atoms with Crippen molar-refractivity contribution in [1.29, 1.82) is 5.26 Å². The Hall–Kier alpha value is -3.25. The highest BCUT2D eigenvalue weighted by Crippen LogP contribution is 2.31. The van der Waals surface area contributed by atoms with Crippen LogP contribution in [0.2, 0.25) is 0 Å². The maximum Gasteiger partial charge on any atom is 0.113 e. The summed E-state index contributed by atoms with van der Waals surface area (Å²) in [7, 11) is 0. The van der Waals surface area contributed by atoms with Gasteiger partial charge in [-0.15, -0.1) is 0 Å². The van der Waals surface area contributed by atoms with Gasteiger partial charge in [0.1, 0.15) is 17.1 Å². The Morgan fingerprint density at radius 2 is 1.83 bits per heavy atom. The van der Waals surface area contributed by atoms with Crippen LogP contribution in [0.1, 0.15) is 30.5 Å². The second-order valence-electron chi connectivity index (χ2n) is 10.4. The standard InChI is InChI=1S/C28H33N7O/c1-19-13-34(10-9-30-19)24-5-3-22-15-33(16-23(22)11-24)17-25-18-35(14-20(2)36-25)26-6-4-21(12-29)27-28(26)32-8-7-31-27/h3-8,11,19-20,25,30H,9-10,13-18H2,1-2H3/t19-,20+,25-/m0/s1. The van der Waals surface area contributed by atoms with Gasteiger partial charge in [-0.25, -0.2) is 0 Å². The molecule has 1 N–H and O–H groups in total. The molecule has 3 aromatic rings. The summed E-state index contributed by atoms with van der Waals surface area (Å²) in [5.41, 5.74) is 7.24. The fourth-order valence-electron chi connectivity index (χ4n) is 5.96. The van der Waals surface area contributed by atoms with Gasteiger partial charge < -0.3 is 19.9 Å². The Morgan fingerprint density at radius 3 is 2.67 bits per heavy atom. The maximum absolute atomic E-state index is 9.50. The molecule has 2 aromatic carbocycles. The lowest BCUT2D eigenvalue weighted by Crippen LogP contribution is -2.50. The number of anilines is 2. The number of aromatic nitrogens is 2. The Morgan fingerprint density at radius 1 is 1.00 bits per heavy atom. The van der Waals surface area contributed by atoms with Crippen LogP contribution in [0.25, 0.3) is 11.0 Å². The summed E-state index contributed by atoms with van der Waals surface area (Å²) in [6.45, 7) is 11.9. The van der Waals surface area contributed by atoms with Crippen molar-refractivity contribution in [3.63, 3.8) is 0 Å². The van der Waals surface area contributed by atoms with E-state index >= 15 is 0 Å². The van der Waals surface area contributed by atoms with Crippen molar-refractivity contribution < 1.29 is 4.74 Å². The summed E-state index contributed by atoms with van der Waals surface area (Å²) in [4.78, 5) is 16.4. The minimum absolute atomic E-state index is 0.0962. The monoisotopic (exact) mass is 483 g/mol. The zero-order valence-electron chi connectivity index (χ0n) is 21.0. The van der Waals surface area contributed by atoms with Crippen LogP contribution in [0.3, 0.4) is 0 Å². The van der Waals surface area contributed by atoms with Crippen molar-refractivity contribution >= 4 is 22.4 Å². The zero-order valence-corrected chi connectivity index (χ0v) is 21.0. The van der Waals surface area contributed by atoms with Crippen LogP contribution in [0, 0.1) is 11.3 Å². The summed E-state index contributed by atoms with van der Waals surface area (Å²) in [5.74, 6) is 0. The normalized spacial score (nSPS) is 24.6. The number of hydrogen-bond acceptors (Lipinski definition) is 8. The van der Waals surface area contributed by atoms with Gasteiger partial charge in [-0.1, -0.05) is 6.07 Å². The van der Waals surface area contributed by atoms with E-state index in [1.165, 1.54) is 16.8 Å². The number of fused-ring (bicyclic) bond motifs is 2. The Kier molecular flexibility index (Phi) is 6.22. The summed E-state index contributed by atoms with van der Waals surface area (Å²) in [5, 5.41) is 13.0. The second kappa shape index (κ2) is 9.66. The van der Waals surface area contributed by atoms with Crippen LogP contribution >= 0.6 is 0 Å². The number of benzene rings is 2. The minimum Gasteiger partial charge on any atom is -0.370 e. The first-order valence-electron chi connectivity index (χ1n) is 12.9. The molecule has 0 amide bonds. The highest BCUT2D eigenvalue weighted by Gasteiger charge is 2.30. The summed E-state index contributed by atoms with van der Waals surface area (Å²) < 4.78 is 6.40. The fraction of sp³-hybridized carbons (Fsp3) is 0.464. The summed E-state index contributed by atoms with van der Waals surface area (Å²) in [6, 6.07) is 13.6. The number of nitriles is 1. The first-order valence-corrected chi connectivity index (χ1v) is 12.9. The molecule has 0 radical (unpaired) electrons. The minimum atomic E-state index is 0.0962. The topological polar surface area (TPSA) is 80.6 Å². The summed E-state index contributed by atoms with van der Waals surface area (Å²) in [6.07, 6.45) is 3.55. The Labute approximate surface area is 212 Å². The van der Waals surface area contributed by atoms with Crippen molar-refractivity contribution in [2.75, 3.05) is 49.1 Å². The molecule has 2 fully saturated rings. The number of rotatable bonds is 4. The van der Waals surface area contributed by atoms with E-state index in [1.807, 2.05) is 12.1 Å². The van der Waals surface area contributed by atoms with Crippen molar-refractivity contribution in [2.45, 2.75) is 45.2 Å². The van der Waals surface area contributed by atoms with Gasteiger partial charge in [0.2, 0.25) is 0 Å². The highest BCUT2D eigenvalue weighted by molar-refractivity contribution is 5.92. The van der Waals surface area contributed by atoms with Crippen molar-refractivity contribution in [3.05, 3.63) is 59.4 Å². The van der Waals surface area contributed by atoms with E-state index in [4.69, 9.17) is 4.74 Å². The van der Waals surface area contributed by atoms with E-state index < -0.39 is 0 Å². The van der Waals surface area contributed by atoms with Crippen LogP contribution in [-0.4, -0.2) is 72.4 Å². The number of piperazine rings is 1. The quantitative estimate of drug-likeness (QED) is 0.607. The smallest absolute Gasteiger partial charge is 0.113 e. The molecule has 4 heterocycles. The van der Waals surface area contributed by atoms with Gasteiger partial charge in [0.05, 0.1) is 23.5 Å². The molecule has 186 valence electrons. The zero-order chi connectivity index (χ0) is 24.6. The lowest BCUT2D eigenvalue weighted by atomic mass is 10.1. The molecule has 0 spiro atoms. The first-order chi connectivity index (χ1) is 17.6. The van der Waals surface area contributed by atoms with Crippen molar-refractivity contribution in [1.82, 2.24) is 20.2 Å². The van der Waals surface area contributed by atoms with E-state index in [1.54, 1.807) is 12.4 Å². The number of hydrogen-bond donors (Lipinski definition) is 1. The first kappa shape index (κ1) is 23.2. The molecule has 0 unspecified atom stereocenters. The molecule has 8 heteroatoms. The van der Waals surface area contributed by atoms with E-state index in [0.29, 0.717) is 17.1 Å². The van der Waals surface area contributed by atoms with Gasteiger partial charge in [0.25, 0.3) is 0 Å². The second-order valence-corrected chi connectivity index (χ2v) is 10.4. The largest absolute Gasteiger partial charge is 0.370 e. The predicted molar refractivity (Wildman–Crippen MR) is 141 cm³/mol. The molecule has 0 saturated carbocycles. The molecule has 3 aliphatic rings. The van der Waals surface area contributed by atoms with Gasteiger partial charge in [0, 0.05) is 76.5 Å². The van der Waals surface area contributed by atoms with Gasteiger partial charge in [-0.3, -0.25) is 14.9 Å². The highest BCUT2D eigenvalue weighted by atomic mass is 16.5. The Bertz CT molecular complexity index is 1300. The van der Waals surface area contributed by atoms with Crippen molar-refractivity contribution in [3.8, 4) is 6.07 Å². The third kappa shape index (κ3) is 4.50. The van der Waals surface area contributed by atoms with Crippen molar-refractivity contribution in [2.24, 2.45) is 0 Å². The van der Waals surface area contributed by atoms with E-state index in [-0.39, 0.29) is 12.2 Å². The van der Waals surface area contributed by atoms with Crippen LogP contribution in [-0.2, 0) is 17.8 Å². The third-order valence-corrected chi connectivity index (χ3v) is 7.56. The van der Waals surface area contributed by atoms with Gasteiger partial charge in [0.15, 0.2) is 0 Å². The van der Waals surface area contributed by atoms with Gasteiger partial charge in [-0.05, 0) is 49.2 Å². The Balaban J connectivity index is 1.16. The molecule has 0 bridgehead atoms. The van der Waals surface area contributed by atoms with E-state index in [2.05, 4.69) is 68.1 Å². The van der Waals surface area contributed by atoms with Crippen LogP contribution in [0.15, 0.2) is 42.7 Å². The molecular weight excluding hydrogens is 450 g/mol. The summed E-state index contributed by atoms with van der Waals surface area (Å²) >= 11 is 0. The number of nitrogens with zero attached hydrogens (tertiary/aromatic N) is 6. The van der Waals surface area contributed by atoms with Gasteiger partial charge in [-0.2, -0.15) is 5.26 Å². The molecule has 8 nitrogen and oxygen atoms in total. The molecule has 6 rings (SSSR count).